The Labute approximate surface area is 110 Å². The summed E-state index contributed by atoms with van der Waals surface area (Å²) in [6, 6.07) is 10.1. The van der Waals surface area contributed by atoms with E-state index in [2.05, 4.69) is 10.1 Å². The molecular weight excluding hydrogens is 246 g/mol. The molecule has 0 bridgehead atoms. The van der Waals surface area contributed by atoms with Crippen molar-refractivity contribution < 1.29 is 5.11 Å². The molecule has 5 heteroatoms. The van der Waals surface area contributed by atoms with Gasteiger partial charge in [0.2, 0.25) is 5.16 Å². The summed E-state index contributed by atoms with van der Waals surface area (Å²) in [5.74, 6) is 2.26. The molecule has 0 spiro atoms. The molecular formula is C13H15N3OS. The Bertz CT molecular complexity index is 522. The summed E-state index contributed by atoms with van der Waals surface area (Å²) in [7, 11) is 0. The van der Waals surface area contributed by atoms with Gasteiger partial charge in [0, 0.05) is 11.7 Å². The van der Waals surface area contributed by atoms with Crippen molar-refractivity contribution in [3.63, 3.8) is 0 Å². The van der Waals surface area contributed by atoms with Crippen molar-refractivity contribution in [2.75, 3.05) is 12.4 Å². The van der Waals surface area contributed by atoms with Crippen LogP contribution in [0.3, 0.4) is 0 Å². The van der Waals surface area contributed by atoms with Gasteiger partial charge in [0.05, 0.1) is 12.3 Å². The minimum atomic E-state index is 0.156. The van der Waals surface area contributed by atoms with Crippen molar-refractivity contribution in [1.82, 2.24) is 14.8 Å². The molecule has 18 heavy (non-hydrogen) atoms. The second-order valence-corrected chi connectivity index (χ2v) is 5.41. The fraction of sp³-hybridized carbons (Fsp3) is 0.385. The van der Waals surface area contributed by atoms with Crippen LogP contribution in [0.1, 0.15) is 24.6 Å². The summed E-state index contributed by atoms with van der Waals surface area (Å²) in [5, 5.41) is 14.2. The number of aliphatic hydroxyl groups excluding tert-OH is 1. The largest absolute Gasteiger partial charge is 0.396 e. The predicted molar refractivity (Wildman–Crippen MR) is 71.1 cm³/mol. The van der Waals surface area contributed by atoms with E-state index in [1.165, 1.54) is 24.6 Å². The molecule has 3 rings (SSSR count). The van der Waals surface area contributed by atoms with Gasteiger partial charge in [0.1, 0.15) is 5.82 Å². The van der Waals surface area contributed by atoms with Crippen LogP contribution in [-0.2, 0) is 0 Å². The van der Waals surface area contributed by atoms with Gasteiger partial charge in [0.15, 0.2) is 0 Å². The van der Waals surface area contributed by atoms with E-state index in [9.17, 15) is 0 Å². The molecule has 1 fully saturated rings. The molecule has 1 aliphatic rings. The van der Waals surface area contributed by atoms with Crippen molar-refractivity contribution in [2.45, 2.75) is 23.9 Å². The molecule has 0 aliphatic heterocycles. The van der Waals surface area contributed by atoms with Crippen molar-refractivity contribution in [3.05, 3.63) is 36.2 Å². The molecule has 94 valence electrons. The topological polar surface area (TPSA) is 50.9 Å². The van der Waals surface area contributed by atoms with E-state index in [0.717, 1.165) is 16.7 Å². The zero-order chi connectivity index (χ0) is 12.4. The van der Waals surface area contributed by atoms with Crippen LogP contribution in [-0.4, -0.2) is 32.2 Å². The lowest BCUT2D eigenvalue weighted by molar-refractivity contribution is 0.322. The average molecular weight is 261 g/mol. The van der Waals surface area contributed by atoms with Gasteiger partial charge in [-0.1, -0.05) is 30.0 Å². The molecule has 1 heterocycles. The Morgan fingerprint density at radius 1 is 1.28 bits per heavy atom. The van der Waals surface area contributed by atoms with E-state index in [1.54, 1.807) is 0 Å². The van der Waals surface area contributed by atoms with Crippen LogP contribution in [0, 0.1) is 0 Å². The highest BCUT2D eigenvalue weighted by Crippen LogP contribution is 2.40. The summed E-state index contributed by atoms with van der Waals surface area (Å²) in [6.07, 6.45) is 2.41. The monoisotopic (exact) mass is 261 g/mol. The summed E-state index contributed by atoms with van der Waals surface area (Å²) >= 11 is 1.50. The van der Waals surface area contributed by atoms with Gasteiger partial charge in [-0.25, -0.2) is 9.67 Å². The van der Waals surface area contributed by atoms with Crippen LogP contribution >= 0.6 is 11.8 Å². The molecule has 1 saturated carbocycles. The maximum atomic E-state index is 8.86. The number of hydrogen-bond acceptors (Lipinski definition) is 4. The first-order valence-electron chi connectivity index (χ1n) is 6.14. The fourth-order valence-electron chi connectivity index (χ4n) is 1.87. The lowest BCUT2D eigenvalue weighted by Crippen LogP contribution is -2.01. The summed E-state index contributed by atoms with van der Waals surface area (Å²) < 4.78 is 1.94. The number of hydrogen-bond donors (Lipinski definition) is 1. The highest BCUT2D eigenvalue weighted by Gasteiger charge is 2.30. The van der Waals surface area contributed by atoms with Crippen LogP contribution in [0.15, 0.2) is 35.5 Å². The average Bonchev–Trinajstić information content (AvgIpc) is 3.18. The number of rotatable bonds is 5. The molecule has 4 nitrogen and oxygen atoms in total. The fourth-order valence-corrected chi connectivity index (χ4v) is 2.44. The molecule has 1 aromatic heterocycles. The minimum Gasteiger partial charge on any atom is -0.396 e. The van der Waals surface area contributed by atoms with Gasteiger partial charge >= 0.3 is 0 Å². The maximum absolute atomic E-state index is 8.86. The van der Waals surface area contributed by atoms with Crippen molar-refractivity contribution in [2.24, 2.45) is 0 Å². The molecule has 0 unspecified atom stereocenters. The number of benzene rings is 1. The van der Waals surface area contributed by atoms with Gasteiger partial charge < -0.3 is 5.11 Å². The third-order valence-electron chi connectivity index (χ3n) is 2.88. The molecule has 0 amide bonds. The second kappa shape index (κ2) is 5.12. The third-order valence-corrected chi connectivity index (χ3v) is 3.70. The summed E-state index contributed by atoms with van der Waals surface area (Å²) in [6.45, 7) is 0.156. The van der Waals surface area contributed by atoms with Gasteiger partial charge in [0.25, 0.3) is 0 Å². The van der Waals surface area contributed by atoms with Crippen LogP contribution in [0.4, 0.5) is 0 Å². The first-order valence-corrected chi connectivity index (χ1v) is 7.13. The van der Waals surface area contributed by atoms with Gasteiger partial charge in [-0.2, -0.15) is 0 Å². The Kier molecular flexibility index (Phi) is 3.34. The number of nitrogens with zero attached hydrogens (tertiary/aromatic N) is 3. The number of aromatic nitrogens is 3. The van der Waals surface area contributed by atoms with E-state index in [0.29, 0.717) is 11.7 Å². The third kappa shape index (κ3) is 2.42. The van der Waals surface area contributed by atoms with Crippen molar-refractivity contribution in [3.8, 4) is 5.69 Å². The van der Waals surface area contributed by atoms with E-state index in [4.69, 9.17) is 5.11 Å². The van der Waals surface area contributed by atoms with E-state index >= 15 is 0 Å². The van der Waals surface area contributed by atoms with Crippen LogP contribution < -0.4 is 0 Å². The molecule has 0 atom stereocenters. The number of aliphatic hydroxyl groups is 1. The summed E-state index contributed by atoms with van der Waals surface area (Å²) in [4.78, 5) is 4.59. The van der Waals surface area contributed by atoms with Gasteiger partial charge in [-0.15, -0.1) is 5.10 Å². The SMILES string of the molecule is OCCSc1nc(C2CC2)n(-c2ccccc2)n1. The normalized spacial score (nSPS) is 14.9. The highest BCUT2D eigenvalue weighted by atomic mass is 32.2. The lowest BCUT2D eigenvalue weighted by Gasteiger charge is -2.03. The Balaban J connectivity index is 1.94. The lowest BCUT2D eigenvalue weighted by atomic mass is 10.3. The van der Waals surface area contributed by atoms with Crippen LogP contribution in [0.5, 0.6) is 0 Å². The predicted octanol–water partition coefficient (Wildman–Crippen LogP) is 2.23. The van der Waals surface area contributed by atoms with E-state index in [-0.39, 0.29) is 6.61 Å². The van der Waals surface area contributed by atoms with Crippen LogP contribution in [0.25, 0.3) is 5.69 Å². The quantitative estimate of drug-likeness (QED) is 0.839. The Morgan fingerprint density at radius 2 is 2.06 bits per heavy atom. The Morgan fingerprint density at radius 3 is 2.72 bits per heavy atom. The standard InChI is InChI=1S/C13H15N3OS/c17-8-9-18-13-14-12(10-6-7-10)16(15-13)11-4-2-1-3-5-11/h1-5,10,17H,6-9H2. The van der Waals surface area contributed by atoms with E-state index in [1.807, 2.05) is 35.0 Å². The van der Waals surface area contributed by atoms with Gasteiger partial charge in [-0.05, 0) is 25.0 Å². The number of para-hydroxylation sites is 1. The van der Waals surface area contributed by atoms with Gasteiger partial charge in [-0.3, -0.25) is 0 Å². The Hall–Kier alpha value is -1.33. The first-order chi connectivity index (χ1) is 8.88. The first kappa shape index (κ1) is 11.7. The highest BCUT2D eigenvalue weighted by molar-refractivity contribution is 7.99. The molecule has 0 radical (unpaired) electrons. The zero-order valence-electron chi connectivity index (χ0n) is 9.99. The minimum absolute atomic E-state index is 0.156. The molecule has 1 N–H and O–H groups in total. The zero-order valence-corrected chi connectivity index (χ0v) is 10.8. The van der Waals surface area contributed by atoms with Crippen LogP contribution in [0.2, 0.25) is 0 Å². The maximum Gasteiger partial charge on any atom is 0.209 e. The second-order valence-electron chi connectivity index (χ2n) is 4.35. The number of thioether (sulfide) groups is 1. The summed E-state index contributed by atoms with van der Waals surface area (Å²) in [5.41, 5.74) is 1.06. The van der Waals surface area contributed by atoms with Crippen molar-refractivity contribution >= 4 is 11.8 Å². The van der Waals surface area contributed by atoms with E-state index < -0.39 is 0 Å². The molecule has 0 saturated heterocycles. The van der Waals surface area contributed by atoms with Crippen molar-refractivity contribution in [1.29, 1.82) is 0 Å². The molecule has 1 aromatic carbocycles. The smallest absolute Gasteiger partial charge is 0.209 e. The molecule has 1 aliphatic carbocycles. The molecule has 2 aromatic rings.